The molecule has 2 unspecified atom stereocenters. The lowest BCUT2D eigenvalue weighted by atomic mass is 10.1. The summed E-state index contributed by atoms with van der Waals surface area (Å²) in [7, 11) is 0. The van der Waals surface area contributed by atoms with E-state index in [2.05, 4.69) is 27.3 Å². The minimum Gasteiger partial charge on any atom is -0.463 e. The Balaban J connectivity index is 1.58. The van der Waals surface area contributed by atoms with Crippen LogP contribution >= 0.6 is 0 Å². The average molecular weight is 352 g/mol. The van der Waals surface area contributed by atoms with Crippen molar-refractivity contribution < 1.29 is 17.6 Å². The second-order valence-corrected chi connectivity index (χ2v) is 6.82. The van der Waals surface area contributed by atoms with Crippen LogP contribution in [0, 0.1) is 0 Å². The molecule has 1 saturated heterocycles. The van der Waals surface area contributed by atoms with E-state index in [1.807, 2.05) is 0 Å². The maximum atomic E-state index is 13.5. The summed E-state index contributed by atoms with van der Waals surface area (Å²) in [5, 5.41) is 10.7. The topological polar surface area (TPSA) is 54.2 Å². The summed E-state index contributed by atoms with van der Waals surface area (Å²) in [5.41, 5.74) is -0.742. The molecule has 2 aromatic rings. The first-order chi connectivity index (χ1) is 11.9. The van der Waals surface area contributed by atoms with Gasteiger partial charge in [-0.1, -0.05) is 0 Å². The van der Waals surface area contributed by atoms with Gasteiger partial charge in [0.15, 0.2) is 11.6 Å². The fourth-order valence-electron chi connectivity index (χ4n) is 3.53. The van der Waals surface area contributed by atoms with E-state index in [1.54, 1.807) is 12.1 Å². The smallest absolute Gasteiger partial charge is 0.420 e. The van der Waals surface area contributed by atoms with Crippen molar-refractivity contribution in [1.82, 2.24) is 15.1 Å². The van der Waals surface area contributed by atoms with Crippen molar-refractivity contribution in [2.24, 2.45) is 0 Å². The highest BCUT2D eigenvalue weighted by Gasteiger charge is 2.40. The molecule has 0 spiro atoms. The van der Waals surface area contributed by atoms with Gasteiger partial charge in [-0.15, -0.1) is 10.2 Å². The molecule has 0 aromatic carbocycles. The number of furan rings is 1. The van der Waals surface area contributed by atoms with Crippen molar-refractivity contribution in [2.45, 2.75) is 50.5 Å². The number of anilines is 1. The molecule has 1 aliphatic heterocycles. The number of alkyl halides is 3. The summed E-state index contributed by atoms with van der Waals surface area (Å²) < 4.78 is 45.6. The number of nitrogens with zero attached hydrogens (tertiary/aromatic N) is 3. The molecule has 0 amide bonds. The largest absolute Gasteiger partial charge is 0.463 e. The Morgan fingerprint density at radius 2 is 2.08 bits per heavy atom. The number of nitrogens with one attached hydrogen (secondary N) is 1. The van der Waals surface area contributed by atoms with Crippen molar-refractivity contribution >= 4 is 5.82 Å². The number of likely N-dealkylation sites (tertiary alicyclic amines) is 1. The van der Waals surface area contributed by atoms with Crippen molar-refractivity contribution in [3.63, 3.8) is 0 Å². The molecule has 1 aliphatic carbocycles. The van der Waals surface area contributed by atoms with E-state index in [9.17, 15) is 13.2 Å². The summed E-state index contributed by atoms with van der Waals surface area (Å²) in [6.45, 7) is 2.86. The summed E-state index contributed by atoms with van der Waals surface area (Å²) in [6.07, 6.45) is 0.0449. The molecule has 1 saturated carbocycles. The summed E-state index contributed by atoms with van der Waals surface area (Å²) in [4.78, 5) is 2.37. The molecule has 2 atom stereocenters. The highest BCUT2D eigenvalue weighted by atomic mass is 19.4. The molecule has 2 aromatic heterocycles. The zero-order chi connectivity index (χ0) is 17.6. The van der Waals surface area contributed by atoms with Crippen LogP contribution in [0.15, 0.2) is 28.9 Å². The van der Waals surface area contributed by atoms with Crippen molar-refractivity contribution in [3.05, 3.63) is 30.0 Å². The van der Waals surface area contributed by atoms with Gasteiger partial charge in [0.05, 0.1) is 6.26 Å². The van der Waals surface area contributed by atoms with Crippen LogP contribution in [-0.2, 0) is 6.18 Å². The van der Waals surface area contributed by atoms with Crippen LogP contribution in [0.2, 0.25) is 0 Å². The molecular formula is C17H19F3N4O. The molecular weight excluding hydrogens is 333 g/mol. The molecule has 3 heterocycles. The van der Waals surface area contributed by atoms with Gasteiger partial charge < -0.3 is 9.73 Å². The summed E-state index contributed by atoms with van der Waals surface area (Å²) in [5.74, 6) is 0.0524. The Kier molecular flexibility index (Phi) is 3.94. The molecule has 2 fully saturated rings. The first kappa shape index (κ1) is 16.4. The first-order valence-corrected chi connectivity index (χ1v) is 8.43. The van der Waals surface area contributed by atoms with Crippen molar-refractivity contribution in [2.75, 3.05) is 11.9 Å². The number of halogens is 3. The van der Waals surface area contributed by atoms with E-state index in [4.69, 9.17) is 4.42 Å². The van der Waals surface area contributed by atoms with Gasteiger partial charge in [0.1, 0.15) is 11.3 Å². The SMILES string of the molecule is CC1CC(Nc2nnc(-c3ccco3)cc2C(F)(F)F)CN1C1CC1. The molecule has 2 aliphatic rings. The Bertz CT molecular complexity index is 743. The van der Waals surface area contributed by atoms with Gasteiger partial charge in [-0.05, 0) is 44.4 Å². The Hall–Kier alpha value is -2.09. The highest BCUT2D eigenvalue weighted by Crippen LogP contribution is 2.38. The van der Waals surface area contributed by atoms with Gasteiger partial charge in [0.25, 0.3) is 0 Å². The van der Waals surface area contributed by atoms with E-state index in [1.165, 1.54) is 19.1 Å². The third-order valence-electron chi connectivity index (χ3n) is 4.85. The summed E-state index contributed by atoms with van der Waals surface area (Å²) in [6, 6.07) is 5.06. The molecule has 1 N–H and O–H groups in total. The zero-order valence-corrected chi connectivity index (χ0v) is 13.8. The lowest BCUT2D eigenvalue weighted by molar-refractivity contribution is -0.137. The number of hydrogen-bond acceptors (Lipinski definition) is 5. The minimum absolute atomic E-state index is 0.0551. The van der Waals surface area contributed by atoms with Crippen LogP contribution in [-0.4, -0.2) is 39.8 Å². The van der Waals surface area contributed by atoms with Gasteiger partial charge >= 0.3 is 6.18 Å². The standard InChI is InChI=1S/C17H19F3N4O/c1-10-7-11(9-24(10)12-4-5-12)21-16-13(17(18,19)20)8-14(22-23-16)15-3-2-6-25-15/h2-3,6,8,10-12H,4-5,7,9H2,1H3,(H,21,23). The molecule has 0 radical (unpaired) electrons. The molecule has 25 heavy (non-hydrogen) atoms. The van der Waals surface area contributed by atoms with E-state index < -0.39 is 11.7 Å². The first-order valence-electron chi connectivity index (χ1n) is 8.43. The van der Waals surface area contributed by atoms with Crippen molar-refractivity contribution in [1.29, 1.82) is 0 Å². The van der Waals surface area contributed by atoms with Gasteiger partial charge in [-0.25, -0.2) is 0 Å². The molecule has 4 rings (SSSR count). The fourth-order valence-corrected chi connectivity index (χ4v) is 3.53. The lowest BCUT2D eigenvalue weighted by Gasteiger charge is -2.20. The normalized spacial score (nSPS) is 24.6. The van der Waals surface area contributed by atoms with Gasteiger partial charge in [-0.2, -0.15) is 13.2 Å². The van der Waals surface area contributed by atoms with E-state index in [0.717, 1.165) is 19.0 Å². The Morgan fingerprint density at radius 3 is 2.72 bits per heavy atom. The number of aromatic nitrogens is 2. The van der Waals surface area contributed by atoms with Crippen LogP contribution in [0.25, 0.3) is 11.5 Å². The van der Waals surface area contributed by atoms with Gasteiger partial charge in [-0.3, -0.25) is 4.90 Å². The van der Waals surface area contributed by atoms with Crippen LogP contribution in [0.4, 0.5) is 19.0 Å². The Labute approximate surface area is 143 Å². The third kappa shape index (κ3) is 3.35. The molecule has 8 heteroatoms. The lowest BCUT2D eigenvalue weighted by Crippen LogP contribution is -2.31. The molecule has 5 nitrogen and oxygen atoms in total. The van der Waals surface area contributed by atoms with E-state index >= 15 is 0 Å². The molecule has 0 bridgehead atoms. The minimum atomic E-state index is -4.51. The van der Waals surface area contributed by atoms with Crippen LogP contribution in [0.1, 0.15) is 31.7 Å². The van der Waals surface area contributed by atoms with Gasteiger partial charge in [0, 0.05) is 24.7 Å². The average Bonchev–Trinajstić information content (AvgIpc) is 3.11. The number of hydrogen-bond donors (Lipinski definition) is 1. The zero-order valence-electron chi connectivity index (χ0n) is 13.8. The predicted octanol–water partition coefficient (Wildman–Crippen LogP) is 3.79. The number of rotatable bonds is 4. The molecule has 134 valence electrons. The monoisotopic (exact) mass is 352 g/mol. The maximum Gasteiger partial charge on any atom is 0.420 e. The Morgan fingerprint density at radius 1 is 1.28 bits per heavy atom. The van der Waals surface area contributed by atoms with E-state index in [0.29, 0.717) is 12.1 Å². The fraction of sp³-hybridized carbons (Fsp3) is 0.529. The van der Waals surface area contributed by atoms with Crippen LogP contribution < -0.4 is 5.32 Å². The van der Waals surface area contributed by atoms with Crippen LogP contribution in [0.5, 0.6) is 0 Å². The van der Waals surface area contributed by atoms with E-state index in [-0.39, 0.29) is 23.3 Å². The van der Waals surface area contributed by atoms with Gasteiger partial charge in [0.2, 0.25) is 0 Å². The summed E-state index contributed by atoms with van der Waals surface area (Å²) >= 11 is 0. The predicted molar refractivity (Wildman–Crippen MR) is 86.0 cm³/mol. The maximum absolute atomic E-state index is 13.5. The second-order valence-electron chi connectivity index (χ2n) is 6.82. The quantitative estimate of drug-likeness (QED) is 0.907. The highest BCUT2D eigenvalue weighted by molar-refractivity contribution is 5.57. The second kappa shape index (κ2) is 6.01. The third-order valence-corrected chi connectivity index (χ3v) is 4.85. The van der Waals surface area contributed by atoms with Crippen LogP contribution in [0.3, 0.4) is 0 Å². The van der Waals surface area contributed by atoms with Crippen molar-refractivity contribution in [3.8, 4) is 11.5 Å².